The molecule has 1 aliphatic heterocycles. The van der Waals surface area contributed by atoms with Gasteiger partial charge in [0.05, 0.1) is 0 Å². The molecule has 1 aromatic rings. The van der Waals surface area contributed by atoms with Crippen LogP contribution < -0.4 is 5.32 Å². The van der Waals surface area contributed by atoms with Crippen molar-refractivity contribution in [2.45, 2.75) is 52.0 Å². The Labute approximate surface area is 132 Å². The van der Waals surface area contributed by atoms with Crippen molar-refractivity contribution in [3.63, 3.8) is 0 Å². The van der Waals surface area contributed by atoms with E-state index in [0.717, 1.165) is 31.4 Å². The number of piperidine rings is 1. The molecule has 1 saturated heterocycles. The van der Waals surface area contributed by atoms with Crippen LogP contribution in [0, 0.1) is 6.92 Å². The Bertz CT molecular complexity index is 528. The number of likely N-dealkylation sites (tertiary alicyclic amines) is 1. The number of amides is 2. The molecule has 1 aromatic carbocycles. The van der Waals surface area contributed by atoms with Crippen LogP contribution in [-0.4, -0.2) is 35.8 Å². The van der Waals surface area contributed by atoms with Gasteiger partial charge in [0.15, 0.2) is 0 Å². The smallest absolute Gasteiger partial charge is 0.251 e. The number of hydrogen-bond acceptors (Lipinski definition) is 2. The van der Waals surface area contributed by atoms with Crippen LogP contribution in [0.15, 0.2) is 24.3 Å². The summed E-state index contributed by atoms with van der Waals surface area (Å²) in [5.74, 6) is 0.0632. The van der Waals surface area contributed by atoms with Crippen LogP contribution in [0.5, 0.6) is 0 Å². The van der Waals surface area contributed by atoms with E-state index in [0.29, 0.717) is 24.6 Å². The molecule has 22 heavy (non-hydrogen) atoms. The summed E-state index contributed by atoms with van der Waals surface area (Å²) in [6.07, 6.45) is 4.82. The molecule has 0 bridgehead atoms. The highest BCUT2D eigenvalue weighted by Gasteiger charge is 2.24. The summed E-state index contributed by atoms with van der Waals surface area (Å²) >= 11 is 0. The number of nitrogens with zero attached hydrogens (tertiary/aromatic N) is 1. The minimum Gasteiger partial charge on any atom is -0.352 e. The van der Waals surface area contributed by atoms with Gasteiger partial charge in [-0.25, -0.2) is 0 Å². The standard InChI is InChI=1S/C18H26N2O2/c1-3-15-9-6-7-13-20(15)17(21)11-12-19-18(22)16-10-5-4-8-14(16)2/h4-5,8,10,15H,3,6-7,9,11-13H2,1-2H3,(H,19,22). The average molecular weight is 302 g/mol. The highest BCUT2D eigenvalue weighted by molar-refractivity contribution is 5.95. The van der Waals surface area contributed by atoms with Crippen LogP contribution >= 0.6 is 0 Å². The molecule has 1 aliphatic rings. The van der Waals surface area contributed by atoms with E-state index in [2.05, 4.69) is 12.2 Å². The Morgan fingerprint density at radius 3 is 2.77 bits per heavy atom. The van der Waals surface area contributed by atoms with Crippen LogP contribution in [-0.2, 0) is 4.79 Å². The maximum absolute atomic E-state index is 12.3. The summed E-state index contributed by atoms with van der Waals surface area (Å²) in [6, 6.07) is 7.88. The lowest BCUT2D eigenvalue weighted by molar-refractivity contribution is -0.134. The fourth-order valence-electron chi connectivity index (χ4n) is 3.10. The Balaban J connectivity index is 1.82. The number of aryl methyl sites for hydroxylation is 1. The number of nitrogens with one attached hydrogen (secondary N) is 1. The summed E-state index contributed by atoms with van der Waals surface area (Å²) in [7, 11) is 0. The van der Waals surface area contributed by atoms with Crippen molar-refractivity contribution in [2.24, 2.45) is 0 Å². The molecule has 0 saturated carbocycles. The van der Waals surface area contributed by atoms with Crippen molar-refractivity contribution in [1.82, 2.24) is 10.2 Å². The zero-order chi connectivity index (χ0) is 15.9. The lowest BCUT2D eigenvalue weighted by atomic mass is 9.99. The first-order valence-corrected chi connectivity index (χ1v) is 8.26. The average Bonchev–Trinajstić information content (AvgIpc) is 2.55. The molecular weight excluding hydrogens is 276 g/mol. The van der Waals surface area contributed by atoms with E-state index in [1.807, 2.05) is 36.1 Å². The number of carbonyl (C=O) groups is 2. The predicted octanol–water partition coefficient (Wildman–Crippen LogP) is 2.91. The van der Waals surface area contributed by atoms with Crippen molar-refractivity contribution in [3.8, 4) is 0 Å². The molecule has 120 valence electrons. The molecule has 1 atom stereocenters. The third-order valence-corrected chi connectivity index (χ3v) is 4.43. The van der Waals surface area contributed by atoms with Crippen LogP contribution in [0.2, 0.25) is 0 Å². The SMILES string of the molecule is CCC1CCCCN1C(=O)CCNC(=O)c1ccccc1C. The van der Waals surface area contributed by atoms with E-state index in [4.69, 9.17) is 0 Å². The molecule has 4 nitrogen and oxygen atoms in total. The highest BCUT2D eigenvalue weighted by atomic mass is 16.2. The minimum absolute atomic E-state index is 0.100. The largest absolute Gasteiger partial charge is 0.352 e. The Morgan fingerprint density at radius 2 is 2.05 bits per heavy atom. The Kier molecular flexibility index (Phi) is 5.99. The maximum Gasteiger partial charge on any atom is 0.251 e. The third kappa shape index (κ3) is 4.09. The van der Waals surface area contributed by atoms with Gasteiger partial charge in [0.1, 0.15) is 0 Å². The van der Waals surface area contributed by atoms with Crippen LogP contribution in [0.25, 0.3) is 0 Å². The van der Waals surface area contributed by atoms with E-state index < -0.39 is 0 Å². The van der Waals surface area contributed by atoms with Gasteiger partial charge in [-0.2, -0.15) is 0 Å². The molecule has 0 aromatic heterocycles. The van der Waals surface area contributed by atoms with Gasteiger partial charge < -0.3 is 10.2 Å². The van der Waals surface area contributed by atoms with Gasteiger partial charge >= 0.3 is 0 Å². The number of carbonyl (C=O) groups excluding carboxylic acids is 2. The Hall–Kier alpha value is -1.84. The summed E-state index contributed by atoms with van der Waals surface area (Å²) in [5.41, 5.74) is 1.63. The number of benzene rings is 1. The van der Waals surface area contributed by atoms with Gasteiger partial charge in [0.2, 0.25) is 5.91 Å². The van der Waals surface area contributed by atoms with E-state index in [9.17, 15) is 9.59 Å². The van der Waals surface area contributed by atoms with Crippen LogP contribution in [0.3, 0.4) is 0 Å². The summed E-state index contributed by atoms with van der Waals surface area (Å²) < 4.78 is 0. The quantitative estimate of drug-likeness (QED) is 0.909. The van der Waals surface area contributed by atoms with Crippen molar-refractivity contribution < 1.29 is 9.59 Å². The highest BCUT2D eigenvalue weighted by Crippen LogP contribution is 2.20. The second-order valence-corrected chi connectivity index (χ2v) is 5.97. The molecule has 2 amide bonds. The van der Waals surface area contributed by atoms with Gasteiger partial charge in [-0.3, -0.25) is 9.59 Å². The van der Waals surface area contributed by atoms with Gasteiger partial charge in [0.25, 0.3) is 5.91 Å². The summed E-state index contributed by atoms with van der Waals surface area (Å²) in [5, 5.41) is 2.86. The fourth-order valence-corrected chi connectivity index (χ4v) is 3.10. The topological polar surface area (TPSA) is 49.4 Å². The van der Waals surface area contributed by atoms with Crippen molar-refractivity contribution >= 4 is 11.8 Å². The fraction of sp³-hybridized carbons (Fsp3) is 0.556. The third-order valence-electron chi connectivity index (χ3n) is 4.43. The molecule has 1 unspecified atom stereocenters. The van der Waals surface area contributed by atoms with E-state index in [1.54, 1.807) is 0 Å². The van der Waals surface area contributed by atoms with Gasteiger partial charge in [-0.15, -0.1) is 0 Å². The molecule has 1 fully saturated rings. The van der Waals surface area contributed by atoms with Crippen molar-refractivity contribution in [2.75, 3.05) is 13.1 Å². The Morgan fingerprint density at radius 1 is 1.27 bits per heavy atom. The minimum atomic E-state index is -0.100. The van der Waals surface area contributed by atoms with Crippen LogP contribution in [0.4, 0.5) is 0 Å². The van der Waals surface area contributed by atoms with Gasteiger partial charge in [0, 0.05) is 31.1 Å². The zero-order valence-electron chi connectivity index (χ0n) is 13.6. The zero-order valence-corrected chi connectivity index (χ0v) is 13.6. The lowest BCUT2D eigenvalue weighted by Crippen LogP contribution is -2.44. The molecule has 1 N–H and O–H groups in total. The number of rotatable bonds is 5. The molecule has 1 heterocycles. The first kappa shape index (κ1) is 16.5. The first-order valence-electron chi connectivity index (χ1n) is 8.26. The van der Waals surface area contributed by atoms with E-state index in [-0.39, 0.29) is 11.8 Å². The molecular formula is C18H26N2O2. The van der Waals surface area contributed by atoms with Crippen molar-refractivity contribution in [1.29, 1.82) is 0 Å². The normalized spacial score (nSPS) is 18.1. The van der Waals surface area contributed by atoms with E-state index >= 15 is 0 Å². The molecule has 0 spiro atoms. The summed E-state index contributed by atoms with van der Waals surface area (Å²) in [4.78, 5) is 26.4. The molecule has 4 heteroatoms. The van der Waals surface area contributed by atoms with Crippen molar-refractivity contribution in [3.05, 3.63) is 35.4 Å². The molecule has 0 aliphatic carbocycles. The molecule has 0 radical (unpaired) electrons. The van der Waals surface area contributed by atoms with E-state index in [1.165, 1.54) is 6.42 Å². The van der Waals surface area contributed by atoms with Crippen LogP contribution in [0.1, 0.15) is 54.9 Å². The second-order valence-electron chi connectivity index (χ2n) is 5.97. The summed E-state index contributed by atoms with van der Waals surface area (Å²) in [6.45, 7) is 5.32. The maximum atomic E-state index is 12.3. The molecule has 2 rings (SSSR count). The second kappa shape index (κ2) is 7.97. The first-order chi connectivity index (χ1) is 10.6. The predicted molar refractivity (Wildman–Crippen MR) is 87.8 cm³/mol. The monoisotopic (exact) mass is 302 g/mol. The number of hydrogen-bond donors (Lipinski definition) is 1. The van der Waals surface area contributed by atoms with Gasteiger partial charge in [-0.05, 0) is 44.2 Å². The van der Waals surface area contributed by atoms with Gasteiger partial charge in [-0.1, -0.05) is 25.1 Å². The lowest BCUT2D eigenvalue weighted by Gasteiger charge is -2.35.